The molecule has 5 nitrogen and oxygen atoms in total. The molecule has 0 unspecified atom stereocenters. The number of aryl methyl sites for hydroxylation is 1. The van der Waals surface area contributed by atoms with Gasteiger partial charge in [-0.25, -0.2) is 0 Å². The molecule has 1 amide bonds. The van der Waals surface area contributed by atoms with Crippen LogP contribution in [0.15, 0.2) is 33.6 Å². The number of nitrogens with zero attached hydrogens (tertiary/aromatic N) is 1. The number of unbranched alkanes of at least 4 members (excludes halogenated alkanes) is 2. The molecule has 0 aliphatic heterocycles. The van der Waals surface area contributed by atoms with Crippen LogP contribution in [0.3, 0.4) is 0 Å². The van der Waals surface area contributed by atoms with Crippen LogP contribution in [0.4, 0.5) is 0 Å². The minimum absolute atomic E-state index is 0.0685. The van der Waals surface area contributed by atoms with Crippen molar-refractivity contribution >= 4 is 21.6 Å². The van der Waals surface area contributed by atoms with Crippen molar-refractivity contribution in [3.8, 4) is 0 Å². The number of carbonyl (C=O) groups is 1. The standard InChI is InChI=1S/C18H28N2O3S/c1-6-7-8-9-16(17(21)19-18(3,4)5)20-24(22,23)15-12-10-14(2)11-13-15/h10-13H,6-9H2,1-5H3,(H,19,21)/b20-16+. The SMILES string of the molecule is CCCCC/C(=N\S(=O)(=O)c1ccc(C)cc1)C(=O)NC(C)(C)C. The first-order valence-electron chi connectivity index (χ1n) is 8.28. The van der Waals surface area contributed by atoms with Crippen molar-refractivity contribution in [1.29, 1.82) is 0 Å². The predicted octanol–water partition coefficient (Wildman–Crippen LogP) is 3.62. The van der Waals surface area contributed by atoms with Crippen LogP contribution in [0.2, 0.25) is 0 Å². The summed E-state index contributed by atoms with van der Waals surface area (Å²) in [5.74, 6) is -0.422. The zero-order valence-corrected chi connectivity index (χ0v) is 16.0. The normalized spacial score (nSPS) is 13.0. The number of sulfonamides is 1. The Kier molecular flexibility index (Phi) is 7.14. The van der Waals surface area contributed by atoms with Gasteiger partial charge in [-0.15, -0.1) is 0 Å². The molecule has 0 saturated heterocycles. The lowest BCUT2D eigenvalue weighted by atomic mass is 10.1. The fourth-order valence-electron chi connectivity index (χ4n) is 2.06. The average Bonchev–Trinajstić information content (AvgIpc) is 2.45. The molecule has 0 bridgehead atoms. The average molecular weight is 353 g/mol. The van der Waals surface area contributed by atoms with Crippen molar-refractivity contribution in [1.82, 2.24) is 5.32 Å². The maximum atomic E-state index is 12.5. The summed E-state index contributed by atoms with van der Waals surface area (Å²) in [6, 6.07) is 6.46. The molecule has 0 atom stereocenters. The second kappa shape index (κ2) is 8.42. The number of amides is 1. The maximum absolute atomic E-state index is 12.5. The van der Waals surface area contributed by atoms with E-state index in [0.29, 0.717) is 6.42 Å². The van der Waals surface area contributed by atoms with E-state index in [9.17, 15) is 13.2 Å². The first-order valence-corrected chi connectivity index (χ1v) is 9.72. The molecule has 1 aromatic carbocycles. The van der Waals surface area contributed by atoms with Crippen LogP contribution in [0.25, 0.3) is 0 Å². The Labute approximate surface area is 145 Å². The molecule has 0 radical (unpaired) electrons. The largest absolute Gasteiger partial charge is 0.346 e. The summed E-state index contributed by atoms with van der Waals surface area (Å²) in [6.07, 6.45) is 2.99. The molecule has 0 fully saturated rings. The smallest absolute Gasteiger partial charge is 0.282 e. The third-order valence-corrected chi connectivity index (χ3v) is 4.65. The van der Waals surface area contributed by atoms with Gasteiger partial charge >= 0.3 is 0 Å². The summed E-state index contributed by atoms with van der Waals surface area (Å²) in [4.78, 5) is 12.5. The van der Waals surface area contributed by atoms with Crippen molar-refractivity contribution in [2.24, 2.45) is 4.40 Å². The van der Waals surface area contributed by atoms with Gasteiger partial charge in [-0.3, -0.25) is 4.79 Å². The summed E-state index contributed by atoms with van der Waals surface area (Å²) in [5.41, 5.74) is 0.585. The van der Waals surface area contributed by atoms with Crippen LogP contribution in [0.1, 0.15) is 58.9 Å². The Morgan fingerprint density at radius 3 is 2.21 bits per heavy atom. The van der Waals surface area contributed by atoms with Crippen molar-refractivity contribution in [3.63, 3.8) is 0 Å². The summed E-state index contributed by atoms with van der Waals surface area (Å²) in [5, 5.41) is 2.80. The molecular weight excluding hydrogens is 324 g/mol. The van der Waals surface area contributed by atoms with Crippen LogP contribution in [-0.2, 0) is 14.8 Å². The molecule has 0 heterocycles. The van der Waals surface area contributed by atoms with E-state index in [1.807, 2.05) is 27.7 Å². The van der Waals surface area contributed by atoms with Gasteiger partial charge in [-0.2, -0.15) is 12.8 Å². The monoisotopic (exact) mass is 352 g/mol. The third kappa shape index (κ3) is 6.83. The highest BCUT2D eigenvalue weighted by Crippen LogP contribution is 2.15. The molecule has 0 aliphatic rings. The minimum Gasteiger partial charge on any atom is -0.346 e. The lowest BCUT2D eigenvalue weighted by Gasteiger charge is -2.21. The third-order valence-electron chi connectivity index (χ3n) is 3.32. The number of carbonyl (C=O) groups excluding carboxylic acids is 1. The van der Waals surface area contributed by atoms with Gasteiger partial charge in [-0.05, 0) is 52.7 Å². The maximum Gasteiger partial charge on any atom is 0.282 e. The van der Waals surface area contributed by atoms with E-state index in [1.54, 1.807) is 12.1 Å². The van der Waals surface area contributed by atoms with Gasteiger partial charge in [0.1, 0.15) is 5.71 Å². The summed E-state index contributed by atoms with van der Waals surface area (Å²) in [6.45, 7) is 9.48. The van der Waals surface area contributed by atoms with E-state index in [1.165, 1.54) is 12.1 Å². The first kappa shape index (κ1) is 20.4. The summed E-state index contributed by atoms with van der Waals surface area (Å²) >= 11 is 0. The van der Waals surface area contributed by atoms with Crippen molar-refractivity contribution in [2.75, 3.05) is 0 Å². The molecule has 0 saturated carbocycles. The zero-order valence-electron chi connectivity index (χ0n) is 15.2. The van der Waals surface area contributed by atoms with Gasteiger partial charge < -0.3 is 5.32 Å². The molecule has 134 valence electrons. The van der Waals surface area contributed by atoms with E-state index < -0.39 is 21.5 Å². The van der Waals surface area contributed by atoms with Gasteiger partial charge in [-0.1, -0.05) is 37.5 Å². The Bertz CT molecular complexity index is 684. The van der Waals surface area contributed by atoms with Gasteiger partial charge in [0.2, 0.25) is 0 Å². The van der Waals surface area contributed by atoms with Crippen LogP contribution in [-0.4, -0.2) is 25.6 Å². The Balaban J connectivity index is 3.13. The second-order valence-electron chi connectivity index (χ2n) is 6.99. The van der Waals surface area contributed by atoms with E-state index in [-0.39, 0.29) is 10.6 Å². The molecule has 0 aliphatic carbocycles. The number of hydrogen-bond acceptors (Lipinski definition) is 3. The molecule has 0 aromatic heterocycles. The highest BCUT2D eigenvalue weighted by Gasteiger charge is 2.22. The van der Waals surface area contributed by atoms with Gasteiger partial charge in [0.25, 0.3) is 15.9 Å². The van der Waals surface area contributed by atoms with Crippen LogP contribution < -0.4 is 5.32 Å². The predicted molar refractivity (Wildman–Crippen MR) is 97.8 cm³/mol. The quantitative estimate of drug-likeness (QED) is 0.601. The van der Waals surface area contributed by atoms with Gasteiger partial charge in [0.15, 0.2) is 0 Å². The highest BCUT2D eigenvalue weighted by molar-refractivity contribution is 7.90. The number of hydrogen-bond donors (Lipinski definition) is 1. The lowest BCUT2D eigenvalue weighted by molar-refractivity contribution is -0.116. The molecule has 1 rings (SSSR count). The highest BCUT2D eigenvalue weighted by atomic mass is 32.2. The number of rotatable bonds is 7. The topological polar surface area (TPSA) is 75.6 Å². The Hall–Kier alpha value is -1.69. The van der Waals surface area contributed by atoms with E-state index in [2.05, 4.69) is 16.6 Å². The van der Waals surface area contributed by atoms with Crippen molar-refractivity contribution in [2.45, 2.75) is 70.7 Å². The van der Waals surface area contributed by atoms with Crippen LogP contribution in [0, 0.1) is 6.92 Å². The second-order valence-corrected chi connectivity index (χ2v) is 8.59. The van der Waals surface area contributed by atoms with E-state index in [4.69, 9.17) is 0 Å². The van der Waals surface area contributed by atoms with Crippen molar-refractivity contribution < 1.29 is 13.2 Å². The van der Waals surface area contributed by atoms with Crippen LogP contribution >= 0.6 is 0 Å². The minimum atomic E-state index is -3.89. The molecular formula is C18H28N2O3S. The van der Waals surface area contributed by atoms with E-state index >= 15 is 0 Å². The van der Waals surface area contributed by atoms with E-state index in [0.717, 1.165) is 24.8 Å². The Morgan fingerprint density at radius 2 is 1.71 bits per heavy atom. The molecule has 24 heavy (non-hydrogen) atoms. The summed E-state index contributed by atoms with van der Waals surface area (Å²) < 4.78 is 28.8. The first-order chi connectivity index (χ1) is 11.0. The number of nitrogens with one attached hydrogen (secondary N) is 1. The fourth-order valence-corrected chi connectivity index (χ4v) is 3.11. The molecule has 1 N–H and O–H groups in total. The summed E-state index contributed by atoms with van der Waals surface area (Å²) in [7, 11) is -3.89. The Morgan fingerprint density at radius 1 is 1.12 bits per heavy atom. The lowest BCUT2D eigenvalue weighted by Crippen LogP contribution is -2.44. The molecule has 6 heteroatoms. The van der Waals surface area contributed by atoms with Crippen molar-refractivity contribution in [3.05, 3.63) is 29.8 Å². The van der Waals surface area contributed by atoms with Gasteiger partial charge in [0.05, 0.1) is 4.90 Å². The zero-order chi connectivity index (χ0) is 18.4. The number of benzene rings is 1. The molecule has 1 aromatic rings. The molecule has 0 spiro atoms. The fraction of sp³-hybridized carbons (Fsp3) is 0.556. The van der Waals surface area contributed by atoms with Crippen LogP contribution in [0.5, 0.6) is 0 Å². The van der Waals surface area contributed by atoms with Gasteiger partial charge in [0, 0.05) is 5.54 Å².